The number of nitrogens with one attached hydrogen (secondary N) is 3. The monoisotopic (exact) mass is 416 g/mol. The number of anilines is 1. The van der Waals surface area contributed by atoms with Gasteiger partial charge in [-0.2, -0.15) is 0 Å². The number of benzene rings is 2. The Morgan fingerprint density at radius 2 is 1.38 bits per heavy atom. The first-order valence-corrected chi connectivity index (χ1v) is 11.3. The molecule has 2 rings (SSSR count). The number of hydrogen-bond acceptors (Lipinski definition) is 4. The highest BCUT2D eigenvalue weighted by molar-refractivity contribution is 7.90. The normalized spacial score (nSPS) is 11.8. The Morgan fingerprint density at radius 1 is 0.897 bits per heavy atom. The number of nitrogens with zero attached hydrogens (tertiary/aromatic N) is 1. The minimum atomic E-state index is -3.16. The van der Waals surface area contributed by atoms with Gasteiger partial charge < -0.3 is 16.0 Å². The van der Waals surface area contributed by atoms with Gasteiger partial charge in [-0.05, 0) is 48.2 Å². The number of amides is 1. The van der Waals surface area contributed by atoms with Crippen molar-refractivity contribution in [2.24, 2.45) is 4.99 Å². The summed E-state index contributed by atoms with van der Waals surface area (Å²) in [6, 6.07) is 14.7. The van der Waals surface area contributed by atoms with Crippen molar-refractivity contribution >= 4 is 27.4 Å². The number of sulfone groups is 1. The lowest BCUT2D eigenvalue weighted by Crippen LogP contribution is -2.39. The van der Waals surface area contributed by atoms with E-state index in [0.29, 0.717) is 17.4 Å². The Morgan fingerprint density at radius 3 is 1.79 bits per heavy atom. The molecule has 0 heterocycles. The molecule has 2 aromatic rings. The van der Waals surface area contributed by atoms with E-state index in [-0.39, 0.29) is 5.91 Å². The smallest absolute Gasteiger partial charge is 0.221 e. The Hall–Kier alpha value is -2.87. The number of guanidine groups is 1. The van der Waals surface area contributed by atoms with Gasteiger partial charge >= 0.3 is 0 Å². The van der Waals surface area contributed by atoms with Gasteiger partial charge in [-0.1, -0.05) is 24.3 Å². The minimum Gasteiger partial charge on any atom is -0.356 e. The molecule has 156 valence electrons. The van der Waals surface area contributed by atoms with Gasteiger partial charge in [0, 0.05) is 39.0 Å². The number of carbonyl (C=O) groups excluding carboxylic acids is 1. The van der Waals surface area contributed by atoms with E-state index in [2.05, 4.69) is 20.9 Å². The second-order valence-electron chi connectivity index (χ2n) is 6.72. The third-order valence-corrected chi connectivity index (χ3v) is 5.39. The molecule has 0 radical (unpaired) electrons. The van der Waals surface area contributed by atoms with Gasteiger partial charge in [0.05, 0.1) is 4.90 Å². The Kier molecular flexibility index (Phi) is 8.21. The molecule has 0 atom stereocenters. The van der Waals surface area contributed by atoms with Crippen LogP contribution in [-0.2, 0) is 27.5 Å². The van der Waals surface area contributed by atoms with E-state index in [1.54, 1.807) is 19.2 Å². The summed E-state index contributed by atoms with van der Waals surface area (Å²) < 4.78 is 23.0. The third-order valence-electron chi connectivity index (χ3n) is 4.26. The van der Waals surface area contributed by atoms with E-state index in [4.69, 9.17) is 0 Å². The van der Waals surface area contributed by atoms with Gasteiger partial charge in [0.25, 0.3) is 0 Å². The van der Waals surface area contributed by atoms with Crippen molar-refractivity contribution in [3.63, 3.8) is 0 Å². The number of rotatable bonds is 8. The molecule has 0 bridgehead atoms. The van der Waals surface area contributed by atoms with E-state index >= 15 is 0 Å². The molecule has 0 saturated heterocycles. The summed E-state index contributed by atoms with van der Waals surface area (Å²) >= 11 is 0. The molecule has 0 saturated carbocycles. The zero-order valence-electron chi connectivity index (χ0n) is 17.0. The molecular formula is C21H28N4O3S. The lowest BCUT2D eigenvalue weighted by Gasteiger charge is -2.12. The molecule has 8 heteroatoms. The SMILES string of the molecule is CN=C(NCCc1ccc(NC(C)=O)cc1)NCCc1ccc(S(C)(=O)=O)cc1. The van der Waals surface area contributed by atoms with Gasteiger partial charge in [0.2, 0.25) is 5.91 Å². The van der Waals surface area contributed by atoms with Crippen molar-refractivity contribution in [1.82, 2.24) is 10.6 Å². The maximum Gasteiger partial charge on any atom is 0.221 e. The van der Waals surface area contributed by atoms with Crippen LogP contribution in [-0.4, -0.2) is 46.7 Å². The molecule has 3 N–H and O–H groups in total. The first kappa shape index (κ1) is 22.4. The maximum atomic E-state index is 11.5. The highest BCUT2D eigenvalue weighted by Crippen LogP contribution is 2.11. The molecule has 0 aliphatic rings. The number of aliphatic imine (C=N–C) groups is 1. The molecule has 0 aromatic heterocycles. The molecule has 0 aliphatic carbocycles. The van der Waals surface area contributed by atoms with E-state index in [9.17, 15) is 13.2 Å². The molecule has 2 aromatic carbocycles. The Labute approximate surface area is 172 Å². The highest BCUT2D eigenvalue weighted by Gasteiger charge is 2.06. The predicted molar refractivity (Wildman–Crippen MR) is 117 cm³/mol. The van der Waals surface area contributed by atoms with Crippen LogP contribution in [0, 0.1) is 0 Å². The topological polar surface area (TPSA) is 99.7 Å². The van der Waals surface area contributed by atoms with Crippen LogP contribution in [0.4, 0.5) is 5.69 Å². The fourth-order valence-corrected chi connectivity index (χ4v) is 3.36. The van der Waals surface area contributed by atoms with Crippen LogP contribution >= 0.6 is 0 Å². The molecule has 1 amide bonds. The van der Waals surface area contributed by atoms with Crippen LogP contribution in [0.15, 0.2) is 58.4 Å². The summed E-state index contributed by atoms with van der Waals surface area (Å²) in [5.74, 6) is 0.633. The first-order valence-electron chi connectivity index (χ1n) is 9.38. The number of hydrogen-bond donors (Lipinski definition) is 3. The van der Waals surface area contributed by atoms with E-state index < -0.39 is 9.84 Å². The van der Waals surface area contributed by atoms with Crippen LogP contribution in [0.3, 0.4) is 0 Å². The number of carbonyl (C=O) groups is 1. The van der Waals surface area contributed by atoms with Gasteiger partial charge in [0.15, 0.2) is 15.8 Å². The molecule has 7 nitrogen and oxygen atoms in total. The van der Waals surface area contributed by atoms with Crippen LogP contribution in [0.5, 0.6) is 0 Å². The van der Waals surface area contributed by atoms with Gasteiger partial charge in [0.1, 0.15) is 0 Å². The van der Waals surface area contributed by atoms with Crippen molar-refractivity contribution in [2.45, 2.75) is 24.7 Å². The minimum absolute atomic E-state index is 0.0827. The summed E-state index contributed by atoms with van der Waals surface area (Å²) in [6.45, 7) is 2.90. The van der Waals surface area contributed by atoms with Crippen LogP contribution in [0.2, 0.25) is 0 Å². The predicted octanol–water partition coefficient (Wildman–Crippen LogP) is 2.00. The zero-order valence-corrected chi connectivity index (χ0v) is 17.8. The van der Waals surface area contributed by atoms with Crippen LogP contribution in [0.1, 0.15) is 18.1 Å². The largest absolute Gasteiger partial charge is 0.356 e. The zero-order chi connectivity index (χ0) is 21.3. The molecule has 0 spiro atoms. The fourth-order valence-electron chi connectivity index (χ4n) is 2.73. The summed E-state index contributed by atoms with van der Waals surface area (Å²) in [7, 11) is -1.44. The maximum absolute atomic E-state index is 11.5. The van der Waals surface area contributed by atoms with Crippen molar-refractivity contribution in [3.05, 3.63) is 59.7 Å². The average molecular weight is 417 g/mol. The van der Waals surface area contributed by atoms with Crippen LogP contribution in [0.25, 0.3) is 0 Å². The molecule has 0 aliphatic heterocycles. The summed E-state index contributed by atoms with van der Waals surface area (Å²) in [4.78, 5) is 15.6. The summed E-state index contributed by atoms with van der Waals surface area (Å²) in [5, 5.41) is 9.27. The Bertz CT molecular complexity index is 937. The van der Waals surface area contributed by atoms with E-state index in [1.807, 2.05) is 36.4 Å². The lowest BCUT2D eigenvalue weighted by atomic mass is 10.1. The standard InChI is InChI=1S/C21H28N4O3S/c1-16(26)25-19-8-4-17(5-9-19)12-14-23-21(22-2)24-15-13-18-6-10-20(11-7-18)29(3,27)28/h4-11H,12-15H2,1-3H3,(H,25,26)(H2,22,23,24). The summed E-state index contributed by atoms with van der Waals surface area (Å²) in [5.41, 5.74) is 3.00. The Balaban J connectivity index is 1.73. The molecule has 29 heavy (non-hydrogen) atoms. The quantitative estimate of drug-likeness (QED) is 0.451. The fraction of sp³-hybridized carbons (Fsp3) is 0.333. The van der Waals surface area contributed by atoms with Crippen molar-refractivity contribution < 1.29 is 13.2 Å². The summed E-state index contributed by atoms with van der Waals surface area (Å²) in [6.07, 6.45) is 2.79. The van der Waals surface area contributed by atoms with Crippen LogP contribution < -0.4 is 16.0 Å². The third kappa shape index (κ3) is 7.95. The van der Waals surface area contributed by atoms with E-state index in [1.165, 1.54) is 13.2 Å². The van der Waals surface area contributed by atoms with Crippen molar-refractivity contribution in [2.75, 3.05) is 31.7 Å². The lowest BCUT2D eigenvalue weighted by molar-refractivity contribution is -0.114. The van der Waals surface area contributed by atoms with Gasteiger partial charge in [-0.3, -0.25) is 9.79 Å². The van der Waals surface area contributed by atoms with Gasteiger partial charge in [-0.15, -0.1) is 0 Å². The first-order chi connectivity index (χ1) is 13.8. The molecular weight excluding hydrogens is 388 g/mol. The molecule has 0 fully saturated rings. The van der Waals surface area contributed by atoms with E-state index in [0.717, 1.165) is 36.2 Å². The van der Waals surface area contributed by atoms with Crippen molar-refractivity contribution in [1.29, 1.82) is 0 Å². The van der Waals surface area contributed by atoms with Gasteiger partial charge in [-0.25, -0.2) is 8.42 Å². The average Bonchev–Trinajstić information content (AvgIpc) is 2.67. The van der Waals surface area contributed by atoms with Crippen molar-refractivity contribution in [3.8, 4) is 0 Å². The second kappa shape index (κ2) is 10.6. The molecule has 0 unspecified atom stereocenters. The highest BCUT2D eigenvalue weighted by atomic mass is 32.2. The second-order valence-corrected chi connectivity index (χ2v) is 8.74.